The molecule has 0 amide bonds. The van der Waals surface area contributed by atoms with Crippen molar-refractivity contribution >= 4 is 17.1 Å². The molecule has 2 heterocycles. The van der Waals surface area contributed by atoms with Gasteiger partial charge in [0.1, 0.15) is 5.82 Å². The number of hydrogen-bond acceptors (Lipinski definition) is 4. The van der Waals surface area contributed by atoms with E-state index in [1.807, 2.05) is 6.07 Å². The van der Waals surface area contributed by atoms with Gasteiger partial charge in [-0.15, -0.1) is 0 Å². The summed E-state index contributed by atoms with van der Waals surface area (Å²) in [4.78, 5) is 26.1. The maximum atomic E-state index is 11.9. The van der Waals surface area contributed by atoms with Crippen LogP contribution in [0.15, 0.2) is 29.1 Å². The Kier molecular flexibility index (Phi) is 2.57. The fourth-order valence-corrected chi connectivity index (χ4v) is 3.14. The van der Waals surface area contributed by atoms with E-state index in [0.717, 1.165) is 25.1 Å². The Morgan fingerprint density at radius 2 is 2.05 bits per heavy atom. The van der Waals surface area contributed by atoms with Gasteiger partial charge < -0.3 is 10.7 Å². The minimum absolute atomic E-state index is 0.0922. The smallest absolute Gasteiger partial charge is 0.278 e. The molecule has 0 saturated carbocycles. The number of aromatic nitrogens is 4. The lowest BCUT2D eigenvalue weighted by Gasteiger charge is -2.23. The highest BCUT2D eigenvalue weighted by Crippen LogP contribution is 2.35. The topological polar surface area (TPSA) is 100 Å². The lowest BCUT2D eigenvalue weighted by molar-refractivity contribution is 0.596. The molecule has 0 fully saturated rings. The van der Waals surface area contributed by atoms with Crippen LogP contribution >= 0.6 is 0 Å². The fourth-order valence-electron chi connectivity index (χ4n) is 3.14. The summed E-state index contributed by atoms with van der Waals surface area (Å²) in [6, 6.07) is 8.40. The normalized spacial score (nSPS) is 17.8. The second-order valence-corrected chi connectivity index (χ2v) is 5.42. The Morgan fingerprint density at radius 1 is 1.19 bits per heavy atom. The molecule has 0 saturated heterocycles. The van der Waals surface area contributed by atoms with Crippen LogP contribution in [0.4, 0.5) is 5.95 Å². The van der Waals surface area contributed by atoms with Gasteiger partial charge in [-0.25, -0.2) is 4.98 Å². The zero-order chi connectivity index (χ0) is 14.4. The van der Waals surface area contributed by atoms with Crippen molar-refractivity contribution in [2.75, 3.05) is 5.73 Å². The number of anilines is 1. The molecular weight excluding hydrogens is 266 g/mol. The summed E-state index contributed by atoms with van der Waals surface area (Å²) in [5.74, 6) is 1.07. The number of benzene rings is 1. The summed E-state index contributed by atoms with van der Waals surface area (Å²) < 4.78 is 0. The monoisotopic (exact) mass is 281 g/mol. The number of nitrogen functional groups attached to an aromatic ring is 1. The molecule has 0 aliphatic heterocycles. The average Bonchev–Trinajstić information content (AvgIpc) is 2.90. The van der Waals surface area contributed by atoms with Gasteiger partial charge in [-0.3, -0.25) is 9.78 Å². The lowest BCUT2D eigenvalue weighted by atomic mass is 9.82. The molecule has 0 bridgehead atoms. The number of fused-ring (bicyclic) bond motifs is 2. The maximum absolute atomic E-state index is 11.9. The van der Waals surface area contributed by atoms with Gasteiger partial charge in [-0.1, -0.05) is 24.3 Å². The largest absolute Gasteiger partial charge is 0.369 e. The van der Waals surface area contributed by atoms with Gasteiger partial charge in [-0.2, -0.15) is 4.98 Å². The van der Waals surface area contributed by atoms with Crippen LogP contribution < -0.4 is 11.3 Å². The van der Waals surface area contributed by atoms with Crippen LogP contribution in [0.25, 0.3) is 11.2 Å². The first-order chi connectivity index (χ1) is 10.2. The summed E-state index contributed by atoms with van der Waals surface area (Å²) in [6.07, 6.45) is 3.23. The number of imidazole rings is 1. The molecular formula is C15H15N5O. The zero-order valence-corrected chi connectivity index (χ0v) is 11.4. The van der Waals surface area contributed by atoms with Crippen molar-refractivity contribution in [1.29, 1.82) is 0 Å². The maximum Gasteiger partial charge on any atom is 0.278 e. The molecule has 0 radical (unpaired) electrons. The van der Waals surface area contributed by atoms with Crippen molar-refractivity contribution in [3.63, 3.8) is 0 Å². The van der Waals surface area contributed by atoms with Gasteiger partial charge in [0, 0.05) is 5.92 Å². The van der Waals surface area contributed by atoms with Crippen molar-refractivity contribution < 1.29 is 0 Å². The molecule has 1 aromatic carbocycles. The third kappa shape index (κ3) is 1.91. The Labute approximate surface area is 120 Å². The van der Waals surface area contributed by atoms with Crippen molar-refractivity contribution in [3.8, 4) is 0 Å². The van der Waals surface area contributed by atoms with Crippen LogP contribution in [0.1, 0.15) is 35.7 Å². The first-order valence-electron chi connectivity index (χ1n) is 7.05. The van der Waals surface area contributed by atoms with Crippen LogP contribution in [-0.4, -0.2) is 19.9 Å². The summed E-state index contributed by atoms with van der Waals surface area (Å²) in [6.45, 7) is 0. The van der Waals surface area contributed by atoms with Gasteiger partial charge in [0.25, 0.3) is 5.56 Å². The zero-order valence-electron chi connectivity index (χ0n) is 11.4. The fraction of sp³-hybridized carbons (Fsp3) is 0.267. The van der Waals surface area contributed by atoms with Crippen molar-refractivity contribution in [1.82, 2.24) is 19.9 Å². The molecule has 1 aliphatic carbocycles. The molecule has 6 nitrogen and oxygen atoms in total. The van der Waals surface area contributed by atoms with Crippen molar-refractivity contribution in [2.45, 2.75) is 25.2 Å². The molecule has 1 aliphatic rings. The quantitative estimate of drug-likeness (QED) is 0.632. The van der Waals surface area contributed by atoms with E-state index >= 15 is 0 Å². The lowest BCUT2D eigenvalue weighted by Crippen LogP contribution is -2.12. The number of aryl methyl sites for hydroxylation is 1. The minimum Gasteiger partial charge on any atom is -0.369 e. The van der Waals surface area contributed by atoms with Crippen molar-refractivity contribution in [2.24, 2.45) is 0 Å². The standard InChI is InChI=1S/C15H15N5O/c16-15-19-13-11(14(21)20-15)17-12(18-13)10-7-3-5-8-4-1-2-6-9(8)10/h1-2,4,6,10H,3,5,7H2,(H4,16,17,18,19,20,21). The molecule has 3 aromatic rings. The van der Waals surface area contributed by atoms with Crippen molar-refractivity contribution in [3.05, 3.63) is 51.6 Å². The van der Waals surface area contributed by atoms with Crippen LogP contribution in [0, 0.1) is 0 Å². The second-order valence-electron chi connectivity index (χ2n) is 5.42. The minimum atomic E-state index is -0.277. The van der Waals surface area contributed by atoms with Crippen LogP contribution in [0.2, 0.25) is 0 Å². The predicted molar refractivity (Wildman–Crippen MR) is 80.1 cm³/mol. The summed E-state index contributed by atoms with van der Waals surface area (Å²) in [7, 11) is 0. The van der Waals surface area contributed by atoms with E-state index in [1.54, 1.807) is 0 Å². The van der Waals surface area contributed by atoms with Crippen LogP contribution in [-0.2, 0) is 6.42 Å². The Morgan fingerprint density at radius 3 is 2.95 bits per heavy atom. The van der Waals surface area contributed by atoms with Crippen LogP contribution in [0.5, 0.6) is 0 Å². The molecule has 6 heteroatoms. The van der Waals surface area contributed by atoms with E-state index in [0.29, 0.717) is 11.2 Å². The van der Waals surface area contributed by atoms with Gasteiger partial charge in [0.05, 0.1) is 0 Å². The molecule has 1 unspecified atom stereocenters. The van der Waals surface area contributed by atoms with E-state index in [2.05, 4.69) is 38.1 Å². The van der Waals surface area contributed by atoms with Gasteiger partial charge in [0.15, 0.2) is 11.2 Å². The van der Waals surface area contributed by atoms with E-state index < -0.39 is 0 Å². The first-order valence-corrected chi connectivity index (χ1v) is 7.05. The number of nitrogens with one attached hydrogen (secondary N) is 2. The Bertz CT molecular complexity index is 879. The van der Waals surface area contributed by atoms with E-state index in [-0.39, 0.29) is 17.4 Å². The number of rotatable bonds is 1. The number of nitrogens with zero attached hydrogens (tertiary/aromatic N) is 2. The number of hydrogen-bond donors (Lipinski definition) is 3. The van der Waals surface area contributed by atoms with E-state index in [9.17, 15) is 4.79 Å². The SMILES string of the molecule is Nc1nc2nc(C3CCCc4ccccc43)[nH]c2c(=O)[nH]1. The molecule has 1 atom stereocenters. The molecule has 2 aromatic heterocycles. The highest BCUT2D eigenvalue weighted by Gasteiger charge is 2.24. The number of aromatic amines is 2. The average molecular weight is 281 g/mol. The summed E-state index contributed by atoms with van der Waals surface area (Å²) in [5, 5.41) is 0. The highest BCUT2D eigenvalue weighted by molar-refractivity contribution is 5.70. The molecule has 21 heavy (non-hydrogen) atoms. The van der Waals surface area contributed by atoms with Gasteiger partial charge in [-0.05, 0) is 30.4 Å². The molecule has 4 rings (SSSR count). The number of nitrogens with two attached hydrogens (primary N) is 1. The van der Waals surface area contributed by atoms with Gasteiger partial charge in [0.2, 0.25) is 5.95 Å². The van der Waals surface area contributed by atoms with E-state index in [4.69, 9.17) is 5.73 Å². The molecule has 4 N–H and O–H groups in total. The Hall–Kier alpha value is -2.63. The van der Waals surface area contributed by atoms with E-state index in [1.165, 1.54) is 11.1 Å². The van der Waals surface area contributed by atoms with Crippen LogP contribution in [0.3, 0.4) is 0 Å². The second kappa shape index (κ2) is 4.44. The molecule has 106 valence electrons. The highest BCUT2D eigenvalue weighted by atomic mass is 16.1. The third-order valence-corrected chi connectivity index (χ3v) is 4.10. The Balaban J connectivity index is 1.88. The first kappa shape index (κ1) is 12.1. The molecule has 0 spiro atoms. The third-order valence-electron chi connectivity index (χ3n) is 4.10. The number of H-pyrrole nitrogens is 2. The predicted octanol–water partition coefficient (Wildman–Crippen LogP) is 1.70. The summed E-state index contributed by atoms with van der Waals surface area (Å²) in [5.41, 5.74) is 8.71. The summed E-state index contributed by atoms with van der Waals surface area (Å²) >= 11 is 0. The van der Waals surface area contributed by atoms with Gasteiger partial charge >= 0.3 is 0 Å².